The van der Waals surface area contributed by atoms with Gasteiger partial charge >= 0.3 is 0 Å². The first-order valence-electron chi connectivity index (χ1n) is 7.95. The van der Waals surface area contributed by atoms with E-state index in [2.05, 4.69) is 24.0 Å². The lowest BCUT2D eigenvalue weighted by molar-refractivity contribution is 0.588. The molecule has 0 spiro atoms. The molecule has 106 valence electrons. The summed E-state index contributed by atoms with van der Waals surface area (Å²) in [6.45, 7) is 4.62. The Morgan fingerprint density at radius 1 is 1.11 bits per heavy atom. The summed E-state index contributed by atoms with van der Waals surface area (Å²) in [5, 5.41) is 0. The van der Waals surface area contributed by atoms with Gasteiger partial charge in [0.05, 0.1) is 11.4 Å². The molecule has 1 heterocycles. The van der Waals surface area contributed by atoms with Crippen LogP contribution in [-0.4, -0.2) is 13.1 Å². The maximum atomic E-state index is 6.16. The molecule has 1 aromatic rings. The Hall–Kier alpha value is -1.18. The molecule has 0 saturated carbocycles. The Morgan fingerprint density at radius 3 is 2.74 bits per heavy atom. The van der Waals surface area contributed by atoms with Crippen molar-refractivity contribution in [3.63, 3.8) is 0 Å². The number of fused-ring (bicyclic) bond motifs is 1. The SMILES string of the molecule is CCCCCCCCN1CCCc2cccc(N)c21. The molecule has 2 nitrogen and oxygen atoms in total. The lowest BCUT2D eigenvalue weighted by Gasteiger charge is -2.32. The van der Waals surface area contributed by atoms with E-state index < -0.39 is 0 Å². The minimum atomic E-state index is 0.961. The van der Waals surface area contributed by atoms with Crippen molar-refractivity contribution < 1.29 is 0 Å². The fourth-order valence-electron chi connectivity index (χ4n) is 3.08. The molecule has 0 unspecified atom stereocenters. The normalized spacial score (nSPS) is 14.5. The lowest BCUT2D eigenvalue weighted by atomic mass is 10.00. The molecule has 19 heavy (non-hydrogen) atoms. The van der Waals surface area contributed by atoms with Gasteiger partial charge < -0.3 is 10.6 Å². The Morgan fingerprint density at radius 2 is 1.89 bits per heavy atom. The van der Waals surface area contributed by atoms with E-state index in [0.29, 0.717) is 0 Å². The van der Waals surface area contributed by atoms with E-state index in [1.807, 2.05) is 6.07 Å². The van der Waals surface area contributed by atoms with E-state index in [1.165, 1.54) is 75.7 Å². The highest BCUT2D eigenvalue weighted by molar-refractivity contribution is 5.72. The van der Waals surface area contributed by atoms with Crippen molar-refractivity contribution in [2.75, 3.05) is 23.7 Å². The van der Waals surface area contributed by atoms with Gasteiger partial charge in [0.2, 0.25) is 0 Å². The fraction of sp³-hybridized carbons (Fsp3) is 0.647. The first kappa shape index (κ1) is 14.2. The maximum Gasteiger partial charge on any atom is 0.0632 e. The minimum absolute atomic E-state index is 0.961. The van der Waals surface area contributed by atoms with Crippen LogP contribution in [0.2, 0.25) is 0 Å². The van der Waals surface area contributed by atoms with Gasteiger partial charge in [0, 0.05) is 13.1 Å². The number of aryl methyl sites for hydroxylation is 1. The molecule has 1 aliphatic heterocycles. The van der Waals surface area contributed by atoms with E-state index in [0.717, 1.165) is 5.69 Å². The van der Waals surface area contributed by atoms with E-state index in [-0.39, 0.29) is 0 Å². The molecule has 1 aliphatic rings. The average molecular weight is 260 g/mol. The van der Waals surface area contributed by atoms with Crippen molar-refractivity contribution in [3.05, 3.63) is 23.8 Å². The molecular weight excluding hydrogens is 232 g/mol. The molecule has 0 atom stereocenters. The van der Waals surface area contributed by atoms with Crippen molar-refractivity contribution in [1.29, 1.82) is 0 Å². The molecule has 2 rings (SSSR count). The number of benzene rings is 1. The Kier molecular flexibility index (Phi) is 5.56. The van der Waals surface area contributed by atoms with E-state index in [4.69, 9.17) is 5.73 Å². The number of nitrogens with zero attached hydrogens (tertiary/aromatic N) is 1. The van der Waals surface area contributed by atoms with Crippen molar-refractivity contribution in [3.8, 4) is 0 Å². The van der Waals surface area contributed by atoms with E-state index >= 15 is 0 Å². The molecule has 1 aromatic carbocycles. The quantitative estimate of drug-likeness (QED) is 0.582. The van der Waals surface area contributed by atoms with Crippen LogP contribution in [0.5, 0.6) is 0 Å². The standard InChI is InChI=1S/C17H28N2/c1-2-3-4-5-6-7-13-19-14-9-11-15-10-8-12-16(18)17(15)19/h8,10,12H,2-7,9,11,13-14,18H2,1H3. The number of rotatable bonds is 7. The van der Waals surface area contributed by atoms with Crippen LogP contribution in [0.15, 0.2) is 18.2 Å². The summed E-state index contributed by atoms with van der Waals surface area (Å²) < 4.78 is 0. The van der Waals surface area contributed by atoms with Crippen molar-refractivity contribution >= 4 is 11.4 Å². The van der Waals surface area contributed by atoms with Crippen molar-refractivity contribution in [1.82, 2.24) is 0 Å². The number of anilines is 2. The summed E-state index contributed by atoms with van der Waals surface area (Å²) in [7, 11) is 0. The molecule has 0 saturated heterocycles. The number of para-hydroxylation sites is 1. The van der Waals surface area contributed by atoms with Crippen LogP contribution < -0.4 is 10.6 Å². The third-order valence-electron chi connectivity index (χ3n) is 4.12. The van der Waals surface area contributed by atoms with Gasteiger partial charge in [-0.3, -0.25) is 0 Å². The summed E-state index contributed by atoms with van der Waals surface area (Å²) in [6, 6.07) is 6.36. The highest BCUT2D eigenvalue weighted by Gasteiger charge is 2.18. The highest BCUT2D eigenvalue weighted by atomic mass is 15.1. The van der Waals surface area contributed by atoms with Crippen LogP contribution in [0.25, 0.3) is 0 Å². The molecule has 0 bridgehead atoms. The molecule has 0 aromatic heterocycles. The number of hydrogen-bond acceptors (Lipinski definition) is 2. The van der Waals surface area contributed by atoms with Gasteiger partial charge in [-0.05, 0) is 30.9 Å². The third-order valence-corrected chi connectivity index (χ3v) is 4.12. The lowest BCUT2D eigenvalue weighted by Crippen LogP contribution is -2.31. The Labute approximate surface area is 118 Å². The van der Waals surface area contributed by atoms with Crippen LogP contribution in [0.3, 0.4) is 0 Å². The second-order valence-electron chi connectivity index (χ2n) is 5.71. The van der Waals surface area contributed by atoms with Gasteiger partial charge in [0.15, 0.2) is 0 Å². The van der Waals surface area contributed by atoms with Gasteiger partial charge in [-0.1, -0.05) is 51.2 Å². The molecule has 0 radical (unpaired) electrons. The third kappa shape index (κ3) is 3.89. The molecular formula is C17H28N2. The molecule has 0 amide bonds. The van der Waals surface area contributed by atoms with E-state index in [1.54, 1.807) is 0 Å². The first-order chi connectivity index (χ1) is 9.33. The largest absolute Gasteiger partial charge is 0.397 e. The summed E-state index contributed by atoms with van der Waals surface area (Å²) >= 11 is 0. The predicted molar refractivity (Wildman–Crippen MR) is 84.8 cm³/mol. The van der Waals surface area contributed by atoms with Crippen molar-refractivity contribution in [2.45, 2.75) is 58.3 Å². The summed E-state index contributed by atoms with van der Waals surface area (Å²) in [4.78, 5) is 2.51. The van der Waals surface area contributed by atoms with Gasteiger partial charge in [0.1, 0.15) is 0 Å². The van der Waals surface area contributed by atoms with Crippen LogP contribution in [-0.2, 0) is 6.42 Å². The number of nitrogen functional groups attached to an aromatic ring is 1. The van der Waals surface area contributed by atoms with Gasteiger partial charge in [0.25, 0.3) is 0 Å². The molecule has 0 fully saturated rings. The smallest absolute Gasteiger partial charge is 0.0632 e. The molecule has 2 heteroatoms. The second kappa shape index (κ2) is 7.42. The monoisotopic (exact) mass is 260 g/mol. The molecule has 2 N–H and O–H groups in total. The van der Waals surface area contributed by atoms with Crippen molar-refractivity contribution in [2.24, 2.45) is 0 Å². The van der Waals surface area contributed by atoms with Crippen LogP contribution in [0.4, 0.5) is 11.4 Å². The van der Waals surface area contributed by atoms with Crippen LogP contribution in [0, 0.1) is 0 Å². The average Bonchev–Trinajstić information content (AvgIpc) is 2.43. The van der Waals surface area contributed by atoms with Gasteiger partial charge in [-0.25, -0.2) is 0 Å². The number of nitrogens with two attached hydrogens (primary N) is 1. The maximum absolute atomic E-state index is 6.16. The number of unbranched alkanes of at least 4 members (excludes halogenated alkanes) is 5. The van der Waals surface area contributed by atoms with Gasteiger partial charge in [-0.2, -0.15) is 0 Å². The predicted octanol–water partition coefficient (Wildman–Crippen LogP) is 4.38. The molecule has 0 aliphatic carbocycles. The number of hydrogen-bond donors (Lipinski definition) is 1. The topological polar surface area (TPSA) is 29.3 Å². The Balaban J connectivity index is 1.83. The van der Waals surface area contributed by atoms with Crippen LogP contribution in [0.1, 0.15) is 57.4 Å². The Bertz CT molecular complexity index is 387. The fourth-order valence-corrected chi connectivity index (χ4v) is 3.08. The van der Waals surface area contributed by atoms with Crippen LogP contribution >= 0.6 is 0 Å². The van der Waals surface area contributed by atoms with Gasteiger partial charge in [-0.15, -0.1) is 0 Å². The zero-order chi connectivity index (χ0) is 13.5. The highest BCUT2D eigenvalue weighted by Crippen LogP contribution is 2.32. The zero-order valence-corrected chi connectivity index (χ0v) is 12.3. The van der Waals surface area contributed by atoms with E-state index in [9.17, 15) is 0 Å². The zero-order valence-electron chi connectivity index (χ0n) is 12.3. The summed E-state index contributed by atoms with van der Waals surface area (Å²) in [5.74, 6) is 0. The summed E-state index contributed by atoms with van der Waals surface area (Å²) in [5.41, 5.74) is 9.88. The first-order valence-corrected chi connectivity index (χ1v) is 7.95. The minimum Gasteiger partial charge on any atom is -0.397 e. The second-order valence-corrected chi connectivity index (χ2v) is 5.71. The summed E-state index contributed by atoms with van der Waals surface area (Å²) in [6.07, 6.45) is 10.6.